The predicted molar refractivity (Wildman–Crippen MR) is 165 cm³/mol. The van der Waals surface area contributed by atoms with Crippen molar-refractivity contribution in [2.75, 3.05) is 0 Å². The zero-order valence-corrected chi connectivity index (χ0v) is 24.5. The van der Waals surface area contributed by atoms with Crippen LogP contribution in [0.5, 0.6) is 5.75 Å². The van der Waals surface area contributed by atoms with Crippen LogP contribution in [-0.4, -0.2) is 36.8 Å². The topological polar surface area (TPSA) is 101 Å². The highest BCUT2D eigenvalue weighted by molar-refractivity contribution is 7.22. The minimum absolute atomic E-state index is 0.127. The van der Waals surface area contributed by atoms with Crippen molar-refractivity contribution in [3.63, 3.8) is 0 Å². The molecule has 0 spiro atoms. The lowest BCUT2D eigenvalue weighted by Crippen LogP contribution is -2.23. The molecule has 0 atom stereocenters. The number of carbonyl (C=O) groups is 1. The number of aryl methyl sites for hydroxylation is 1. The number of benzene rings is 3. The Morgan fingerprint density at radius 3 is 2.68 bits per heavy atom. The molecule has 6 aromatic rings. The molecule has 0 fully saturated rings. The summed E-state index contributed by atoms with van der Waals surface area (Å²) in [5.74, 6) is -0.307. The number of carboxylic acids is 1. The van der Waals surface area contributed by atoms with Crippen molar-refractivity contribution >= 4 is 50.0 Å². The molecule has 0 saturated carbocycles. The molecule has 3 aromatic heterocycles. The fourth-order valence-corrected chi connectivity index (χ4v) is 6.25. The van der Waals surface area contributed by atoms with Crippen LogP contribution < -0.4 is 4.74 Å². The zero-order valence-electron chi connectivity index (χ0n) is 22.9. The van der Waals surface area contributed by atoms with Gasteiger partial charge in [0.25, 0.3) is 0 Å². The van der Waals surface area contributed by atoms with Gasteiger partial charge in [-0.05, 0) is 87.4 Å². The maximum absolute atomic E-state index is 12.0. The van der Waals surface area contributed by atoms with Crippen molar-refractivity contribution in [1.29, 1.82) is 0 Å². The lowest BCUT2D eigenvalue weighted by atomic mass is 9.92. The first-order chi connectivity index (χ1) is 19.6. The third kappa shape index (κ3) is 5.40. The second kappa shape index (κ2) is 10.3. The van der Waals surface area contributed by atoms with Crippen molar-refractivity contribution in [1.82, 2.24) is 20.2 Å². The lowest BCUT2D eigenvalue weighted by Gasteiger charge is -2.24. The minimum atomic E-state index is -0.904. The van der Waals surface area contributed by atoms with E-state index in [0.717, 1.165) is 65.2 Å². The van der Waals surface area contributed by atoms with E-state index >= 15 is 0 Å². The third-order valence-corrected chi connectivity index (χ3v) is 8.08. The Morgan fingerprint density at radius 2 is 1.90 bits per heavy atom. The maximum Gasteiger partial charge on any atom is 0.307 e. The molecular weight excluding hydrogens is 556 g/mol. The monoisotopic (exact) mass is 582 g/mol. The van der Waals surface area contributed by atoms with Gasteiger partial charge in [-0.1, -0.05) is 17.7 Å². The van der Waals surface area contributed by atoms with Crippen LogP contribution in [-0.2, 0) is 11.2 Å². The largest absolute Gasteiger partial charge is 0.487 e. The van der Waals surface area contributed by atoms with Crippen molar-refractivity contribution in [2.24, 2.45) is 0 Å². The fraction of sp³-hybridized carbons (Fsp3) is 0.188. The Labute approximate surface area is 245 Å². The molecule has 0 amide bonds. The number of aliphatic carboxylic acids is 1. The van der Waals surface area contributed by atoms with Crippen molar-refractivity contribution < 1.29 is 14.6 Å². The van der Waals surface area contributed by atoms with Crippen LogP contribution in [0.3, 0.4) is 0 Å². The van der Waals surface area contributed by atoms with Gasteiger partial charge in [0.1, 0.15) is 16.4 Å². The summed E-state index contributed by atoms with van der Waals surface area (Å²) in [6.07, 6.45) is 3.45. The van der Waals surface area contributed by atoms with Gasteiger partial charge in [0.15, 0.2) is 0 Å². The summed E-state index contributed by atoms with van der Waals surface area (Å²) in [5, 5.41) is 19.3. The molecule has 206 valence electrons. The standard InChI is InChI=1S/C32H27ClN4O3S/c1-17-11-26-30(29(23(17)15-28(38)39)22-7-6-21(33)14-27(22)40-32(2,3)4)41-31(36-26)19-9-10-34-25(13-19)18-5-8-24-20(12-18)16-35-37-24/h5-14,16H,15H2,1-4H3,(H,35,37)(H,38,39). The highest BCUT2D eigenvalue weighted by atomic mass is 35.5. The number of H-pyrrole nitrogens is 1. The van der Waals surface area contributed by atoms with E-state index in [9.17, 15) is 9.90 Å². The first kappa shape index (κ1) is 26.9. The van der Waals surface area contributed by atoms with Gasteiger partial charge in [-0.3, -0.25) is 14.9 Å². The first-order valence-electron chi connectivity index (χ1n) is 13.1. The van der Waals surface area contributed by atoms with Gasteiger partial charge < -0.3 is 9.84 Å². The molecule has 0 aliphatic carbocycles. The number of pyridine rings is 1. The Balaban J connectivity index is 1.54. The molecular formula is C32H27ClN4O3S. The molecule has 3 heterocycles. The molecule has 0 saturated heterocycles. The molecule has 6 rings (SSSR count). The second-order valence-electron chi connectivity index (χ2n) is 10.9. The number of ether oxygens (including phenoxy) is 1. The Kier molecular flexibility index (Phi) is 6.76. The summed E-state index contributed by atoms with van der Waals surface area (Å²) in [6.45, 7) is 7.84. The van der Waals surface area contributed by atoms with Crippen LogP contribution in [0.2, 0.25) is 5.02 Å². The molecule has 0 radical (unpaired) electrons. The number of aromatic amines is 1. The minimum Gasteiger partial charge on any atom is -0.487 e. The van der Waals surface area contributed by atoms with Gasteiger partial charge in [-0.2, -0.15) is 5.10 Å². The SMILES string of the molecule is Cc1cc2nc(-c3ccnc(-c4ccc5[nH]ncc5c4)c3)sc2c(-c2ccc(Cl)cc2OC(C)(C)C)c1CC(=O)O. The van der Waals surface area contributed by atoms with Crippen molar-refractivity contribution in [3.8, 4) is 38.7 Å². The Morgan fingerprint density at radius 1 is 1.07 bits per heavy atom. The molecule has 0 bridgehead atoms. The van der Waals surface area contributed by atoms with E-state index < -0.39 is 11.6 Å². The molecule has 7 nitrogen and oxygen atoms in total. The van der Waals surface area contributed by atoms with Crippen LogP contribution in [0.15, 0.2) is 67.0 Å². The van der Waals surface area contributed by atoms with E-state index in [1.165, 1.54) is 11.3 Å². The Hall–Kier alpha value is -4.27. The third-order valence-electron chi connectivity index (χ3n) is 6.71. The smallest absolute Gasteiger partial charge is 0.307 e. The van der Waals surface area contributed by atoms with Crippen LogP contribution in [0.25, 0.3) is 54.1 Å². The Bertz CT molecular complexity index is 1950. The molecule has 0 aliphatic heterocycles. The van der Waals surface area contributed by atoms with Gasteiger partial charge in [-0.25, -0.2) is 4.98 Å². The average molecular weight is 583 g/mol. The van der Waals surface area contributed by atoms with E-state index in [1.54, 1.807) is 24.5 Å². The average Bonchev–Trinajstić information content (AvgIpc) is 3.55. The van der Waals surface area contributed by atoms with Crippen LogP contribution in [0, 0.1) is 6.92 Å². The number of thiazole rings is 1. The normalized spacial score (nSPS) is 11.8. The van der Waals surface area contributed by atoms with Gasteiger partial charge >= 0.3 is 5.97 Å². The number of hydrogen-bond donors (Lipinski definition) is 2. The molecule has 41 heavy (non-hydrogen) atoms. The summed E-state index contributed by atoms with van der Waals surface area (Å²) in [5.41, 5.74) is 7.18. The van der Waals surface area contributed by atoms with E-state index in [-0.39, 0.29) is 6.42 Å². The van der Waals surface area contributed by atoms with E-state index in [0.29, 0.717) is 10.8 Å². The number of fused-ring (bicyclic) bond motifs is 2. The first-order valence-corrected chi connectivity index (χ1v) is 14.3. The van der Waals surface area contributed by atoms with Crippen LogP contribution in [0.1, 0.15) is 31.9 Å². The molecule has 0 aliphatic rings. The van der Waals surface area contributed by atoms with E-state index in [2.05, 4.69) is 21.2 Å². The van der Waals surface area contributed by atoms with Gasteiger partial charge in [0, 0.05) is 38.9 Å². The summed E-state index contributed by atoms with van der Waals surface area (Å²) < 4.78 is 7.23. The predicted octanol–water partition coefficient (Wildman–Crippen LogP) is 8.33. The molecule has 2 N–H and O–H groups in total. The quantitative estimate of drug-likeness (QED) is 0.205. The van der Waals surface area contributed by atoms with E-state index in [1.807, 2.05) is 64.1 Å². The van der Waals surface area contributed by atoms with Crippen molar-refractivity contribution in [3.05, 3.63) is 83.1 Å². The number of nitrogens with one attached hydrogen (secondary N) is 1. The lowest BCUT2D eigenvalue weighted by molar-refractivity contribution is -0.136. The van der Waals surface area contributed by atoms with Gasteiger partial charge in [0.2, 0.25) is 0 Å². The van der Waals surface area contributed by atoms with E-state index in [4.69, 9.17) is 21.3 Å². The number of hydrogen-bond acceptors (Lipinski definition) is 6. The number of halogens is 1. The highest BCUT2D eigenvalue weighted by Crippen LogP contribution is 2.45. The van der Waals surface area contributed by atoms with Gasteiger partial charge in [-0.15, -0.1) is 11.3 Å². The van der Waals surface area contributed by atoms with Gasteiger partial charge in [0.05, 0.1) is 34.0 Å². The summed E-state index contributed by atoms with van der Waals surface area (Å²) >= 11 is 7.91. The number of rotatable bonds is 6. The summed E-state index contributed by atoms with van der Waals surface area (Å²) in [6, 6.07) is 17.5. The summed E-state index contributed by atoms with van der Waals surface area (Å²) in [4.78, 5) is 21.6. The maximum atomic E-state index is 12.0. The summed E-state index contributed by atoms with van der Waals surface area (Å²) in [7, 11) is 0. The number of nitrogens with zero attached hydrogens (tertiary/aromatic N) is 3. The highest BCUT2D eigenvalue weighted by Gasteiger charge is 2.24. The number of carboxylic acid groups (broad SMARTS) is 1. The second-order valence-corrected chi connectivity index (χ2v) is 12.4. The molecule has 3 aromatic carbocycles. The zero-order chi connectivity index (χ0) is 28.9. The van der Waals surface area contributed by atoms with Crippen LogP contribution >= 0.6 is 22.9 Å². The molecule has 9 heteroatoms. The van der Waals surface area contributed by atoms with Crippen molar-refractivity contribution in [2.45, 2.75) is 39.7 Å². The fourth-order valence-electron chi connectivity index (χ4n) is 4.96. The number of aromatic nitrogens is 4. The molecule has 0 unspecified atom stereocenters. The van der Waals surface area contributed by atoms with Crippen LogP contribution in [0.4, 0.5) is 0 Å².